The molecule has 0 fully saturated rings. The number of carbonyl (C=O) groups excluding carboxylic acids is 2. The SMILES string of the molecule is CNC(=O)C(C)NC(=O)c1ccc([N+](=O)[O-])cc1Cl. The molecule has 0 aromatic heterocycles. The van der Waals surface area contributed by atoms with Gasteiger partial charge in [0.2, 0.25) is 5.91 Å². The Kier molecular flexibility index (Phi) is 4.82. The summed E-state index contributed by atoms with van der Waals surface area (Å²) in [5, 5.41) is 15.3. The van der Waals surface area contributed by atoms with E-state index in [-0.39, 0.29) is 22.2 Å². The van der Waals surface area contributed by atoms with Crippen molar-refractivity contribution in [3.8, 4) is 0 Å². The number of rotatable bonds is 4. The van der Waals surface area contributed by atoms with Gasteiger partial charge in [-0.1, -0.05) is 11.6 Å². The highest BCUT2D eigenvalue weighted by molar-refractivity contribution is 6.34. The Morgan fingerprint density at radius 3 is 2.53 bits per heavy atom. The van der Waals surface area contributed by atoms with Crippen molar-refractivity contribution in [2.24, 2.45) is 0 Å². The van der Waals surface area contributed by atoms with Crippen LogP contribution in [0.15, 0.2) is 18.2 Å². The van der Waals surface area contributed by atoms with Crippen molar-refractivity contribution in [1.82, 2.24) is 10.6 Å². The lowest BCUT2D eigenvalue weighted by Crippen LogP contribution is -2.43. The molecule has 1 aromatic carbocycles. The maximum atomic E-state index is 11.8. The van der Waals surface area contributed by atoms with Crippen molar-refractivity contribution < 1.29 is 14.5 Å². The molecule has 7 nitrogen and oxygen atoms in total. The number of nitro benzene ring substituents is 1. The summed E-state index contributed by atoms with van der Waals surface area (Å²) in [5.41, 5.74) is -0.135. The Hall–Kier alpha value is -2.15. The van der Waals surface area contributed by atoms with Crippen molar-refractivity contribution >= 4 is 29.1 Å². The Bertz CT molecular complexity index is 533. The van der Waals surface area contributed by atoms with Crippen LogP contribution in [0, 0.1) is 10.1 Å². The minimum absolute atomic E-state index is 0.0455. The average molecular weight is 286 g/mol. The van der Waals surface area contributed by atoms with E-state index >= 15 is 0 Å². The monoisotopic (exact) mass is 285 g/mol. The molecule has 0 bridgehead atoms. The molecule has 0 saturated heterocycles. The first kappa shape index (κ1) is 14.9. The molecule has 2 amide bonds. The first-order valence-electron chi connectivity index (χ1n) is 5.33. The van der Waals surface area contributed by atoms with Gasteiger partial charge in [-0.3, -0.25) is 19.7 Å². The van der Waals surface area contributed by atoms with E-state index in [1.54, 1.807) is 0 Å². The van der Waals surface area contributed by atoms with Gasteiger partial charge in [-0.25, -0.2) is 0 Å². The number of likely N-dealkylation sites (N-methyl/N-ethyl adjacent to an activating group) is 1. The average Bonchev–Trinajstić information content (AvgIpc) is 2.37. The summed E-state index contributed by atoms with van der Waals surface area (Å²) in [4.78, 5) is 33.0. The minimum Gasteiger partial charge on any atom is -0.357 e. The molecular formula is C11H12ClN3O4. The quantitative estimate of drug-likeness (QED) is 0.639. The van der Waals surface area contributed by atoms with Gasteiger partial charge < -0.3 is 10.6 Å². The number of hydrogen-bond acceptors (Lipinski definition) is 4. The Morgan fingerprint density at radius 2 is 2.05 bits per heavy atom. The molecule has 0 aliphatic heterocycles. The fourth-order valence-corrected chi connectivity index (χ4v) is 1.62. The summed E-state index contributed by atoms with van der Waals surface area (Å²) in [7, 11) is 1.45. The maximum Gasteiger partial charge on any atom is 0.270 e. The number of nitrogens with zero attached hydrogens (tertiary/aromatic N) is 1. The number of nitrogens with one attached hydrogen (secondary N) is 2. The topological polar surface area (TPSA) is 101 Å². The zero-order chi connectivity index (χ0) is 14.6. The number of non-ortho nitro benzene ring substituents is 1. The number of benzene rings is 1. The highest BCUT2D eigenvalue weighted by Crippen LogP contribution is 2.22. The fraction of sp³-hybridized carbons (Fsp3) is 0.273. The molecule has 0 radical (unpaired) electrons. The molecule has 8 heteroatoms. The maximum absolute atomic E-state index is 11.8. The van der Waals surface area contributed by atoms with Gasteiger partial charge in [-0.2, -0.15) is 0 Å². The first-order valence-corrected chi connectivity index (χ1v) is 5.71. The van der Waals surface area contributed by atoms with E-state index in [0.29, 0.717) is 0 Å². The van der Waals surface area contributed by atoms with E-state index in [4.69, 9.17) is 11.6 Å². The molecule has 0 aliphatic rings. The molecule has 0 aliphatic carbocycles. The molecule has 2 N–H and O–H groups in total. The summed E-state index contributed by atoms with van der Waals surface area (Å²) >= 11 is 5.80. The van der Waals surface area contributed by atoms with E-state index in [2.05, 4.69) is 10.6 Å². The molecule has 102 valence electrons. The second-order valence-corrected chi connectivity index (χ2v) is 4.14. The number of nitro groups is 1. The largest absolute Gasteiger partial charge is 0.357 e. The van der Waals surface area contributed by atoms with Crippen LogP contribution in [0.25, 0.3) is 0 Å². The molecule has 0 heterocycles. The highest BCUT2D eigenvalue weighted by atomic mass is 35.5. The van der Waals surface area contributed by atoms with Gasteiger partial charge in [0.1, 0.15) is 6.04 Å². The third-order valence-electron chi connectivity index (χ3n) is 2.40. The molecule has 0 spiro atoms. The molecule has 1 aromatic rings. The lowest BCUT2D eigenvalue weighted by Gasteiger charge is -2.12. The first-order chi connectivity index (χ1) is 8.86. The summed E-state index contributed by atoms with van der Waals surface area (Å²) < 4.78 is 0. The smallest absolute Gasteiger partial charge is 0.270 e. The van der Waals surface area contributed by atoms with E-state index in [1.165, 1.54) is 26.1 Å². The predicted molar refractivity (Wildman–Crippen MR) is 69.1 cm³/mol. The molecule has 1 unspecified atom stereocenters. The predicted octanol–water partition coefficient (Wildman–Crippen LogP) is 1.11. The Morgan fingerprint density at radius 1 is 1.42 bits per heavy atom. The van der Waals surface area contributed by atoms with E-state index in [0.717, 1.165) is 6.07 Å². The second kappa shape index (κ2) is 6.14. The van der Waals surface area contributed by atoms with Crippen molar-refractivity contribution in [3.05, 3.63) is 38.9 Å². The van der Waals surface area contributed by atoms with E-state index in [1.807, 2.05) is 0 Å². The van der Waals surface area contributed by atoms with Crippen molar-refractivity contribution in [3.63, 3.8) is 0 Å². The van der Waals surface area contributed by atoms with Crippen LogP contribution in [0.5, 0.6) is 0 Å². The molecular weight excluding hydrogens is 274 g/mol. The van der Waals surface area contributed by atoms with Gasteiger partial charge in [0.25, 0.3) is 11.6 Å². The van der Waals surface area contributed by atoms with Crippen LogP contribution in [0.1, 0.15) is 17.3 Å². The lowest BCUT2D eigenvalue weighted by molar-refractivity contribution is -0.384. The molecule has 0 saturated carbocycles. The van der Waals surface area contributed by atoms with Crippen LogP contribution in [-0.4, -0.2) is 29.8 Å². The van der Waals surface area contributed by atoms with E-state index < -0.39 is 16.9 Å². The van der Waals surface area contributed by atoms with Crippen LogP contribution in [0.2, 0.25) is 5.02 Å². The van der Waals surface area contributed by atoms with Crippen molar-refractivity contribution in [2.75, 3.05) is 7.05 Å². The number of halogens is 1. The zero-order valence-corrected chi connectivity index (χ0v) is 11.0. The van der Waals surface area contributed by atoms with Gasteiger partial charge >= 0.3 is 0 Å². The Balaban J connectivity index is 2.89. The summed E-state index contributed by atoms with van der Waals surface area (Å²) in [6.07, 6.45) is 0. The third-order valence-corrected chi connectivity index (χ3v) is 2.71. The summed E-state index contributed by atoms with van der Waals surface area (Å²) in [5.74, 6) is -0.928. The standard InChI is InChI=1S/C11H12ClN3O4/c1-6(10(16)13-2)14-11(17)8-4-3-7(15(18)19)5-9(8)12/h3-6H,1-2H3,(H,13,16)(H,14,17). The van der Waals surface area contributed by atoms with E-state index in [9.17, 15) is 19.7 Å². The number of hydrogen-bond donors (Lipinski definition) is 2. The third kappa shape index (κ3) is 3.65. The van der Waals surface area contributed by atoms with Crippen molar-refractivity contribution in [2.45, 2.75) is 13.0 Å². The van der Waals surface area contributed by atoms with Gasteiger partial charge in [0.05, 0.1) is 15.5 Å². The lowest BCUT2D eigenvalue weighted by atomic mass is 10.1. The van der Waals surface area contributed by atoms with Crippen LogP contribution in [-0.2, 0) is 4.79 Å². The summed E-state index contributed by atoms with van der Waals surface area (Å²) in [6, 6.07) is 2.77. The minimum atomic E-state index is -0.733. The van der Waals surface area contributed by atoms with Crippen LogP contribution in [0.3, 0.4) is 0 Å². The van der Waals surface area contributed by atoms with Crippen molar-refractivity contribution in [1.29, 1.82) is 0 Å². The van der Waals surface area contributed by atoms with Gasteiger partial charge in [-0.05, 0) is 13.0 Å². The normalized spacial score (nSPS) is 11.5. The number of amides is 2. The fourth-order valence-electron chi connectivity index (χ4n) is 1.36. The van der Waals surface area contributed by atoms with Crippen LogP contribution < -0.4 is 10.6 Å². The van der Waals surface area contributed by atoms with Gasteiger partial charge in [0, 0.05) is 19.2 Å². The Labute approximate surface area is 114 Å². The van der Waals surface area contributed by atoms with Crippen LogP contribution >= 0.6 is 11.6 Å². The van der Waals surface area contributed by atoms with Gasteiger partial charge in [0.15, 0.2) is 0 Å². The van der Waals surface area contributed by atoms with Gasteiger partial charge in [-0.15, -0.1) is 0 Å². The summed E-state index contributed by atoms with van der Waals surface area (Å²) in [6.45, 7) is 1.51. The molecule has 1 rings (SSSR count). The number of carbonyl (C=O) groups is 2. The molecule has 1 atom stereocenters. The molecule has 19 heavy (non-hydrogen) atoms. The van der Waals surface area contributed by atoms with Crippen LogP contribution in [0.4, 0.5) is 5.69 Å². The zero-order valence-electron chi connectivity index (χ0n) is 10.3. The second-order valence-electron chi connectivity index (χ2n) is 3.73. The highest BCUT2D eigenvalue weighted by Gasteiger charge is 2.19.